The van der Waals surface area contributed by atoms with Crippen LogP contribution in [0.1, 0.15) is 29.9 Å². The average Bonchev–Trinajstić information content (AvgIpc) is 2.95. The number of carboxylic acids is 1. The number of hydrogen-bond donors (Lipinski definition) is 1. The molecule has 1 aliphatic heterocycles. The Morgan fingerprint density at radius 3 is 3.00 bits per heavy atom. The molecule has 0 spiro atoms. The average molecular weight is 275 g/mol. The Kier molecular flexibility index (Phi) is 2.60. The number of rotatable bonds is 2. The van der Waals surface area contributed by atoms with Crippen molar-refractivity contribution in [1.82, 2.24) is 4.37 Å². The van der Waals surface area contributed by atoms with Crippen LogP contribution in [-0.4, -0.2) is 22.1 Å². The first-order chi connectivity index (χ1) is 8.99. The third-order valence-electron chi connectivity index (χ3n) is 3.38. The Morgan fingerprint density at radius 1 is 1.47 bits per heavy atom. The highest BCUT2D eigenvalue weighted by Crippen LogP contribution is 2.41. The topological polar surface area (TPSA) is 59.4 Å². The number of aromatic nitrogens is 1. The minimum atomic E-state index is -0.993. The Labute approximate surface area is 114 Å². The lowest BCUT2D eigenvalue weighted by Gasteiger charge is -2.15. The zero-order valence-electron chi connectivity index (χ0n) is 10.6. The molecule has 2 heterocycles. The second-order valence-corrected chi connectivity index (χ2v) is 5.89. The Bertz CT molecular complexity index is 660. The van der Waals surface area contributed by atoms with Gasteiger partial charge in [0.2, 0.25) is 0 Å². The number of fused-ring (bicyclic) bond motifs is 1. The van der Waals surface area contributed by atoms with Crippen molar-refractivity contribution >= 4 is 17.5 Å². The maximum Gasteiger partial charge on any atom is 0.356 e. The molecule has 0 radical (unpaired) electrons. The monoisotopic (exact) mass is 275 g/mol. The van der Waals surface area contributed by atoms with E-state index in [0.717, 1.165) is 28.4 Å². The molecule has 0 unspecified atom stereocenters. The minimum absolute atomic E-state index is 0.0435. The van der Waals surface area contributed by atoms with Crippen molar-refractivity contribution in [3.8, 4) is 16.9 Å². The Morgan fingerprint density at radius 2 is 2.26 bits per heavy atom. The van der Waals surface area contributed by atoms with Crippen LogP contribution in [0, 0.1) is 0 Å². The quantitative estimate of drug-likeness (QED) is 0.914. The van der Waals surface area contributed by atoms with Gasteiger partial charge in [0.15, 0.2) is 5.69 Å². The van der Waals surface area contributed by atoms with Crippen molar-refractivity contribution in [3.05, 3.63) is 34.8 Å². The molecule has 2 aromatic rings. The van der Waals surface area contributed by atoms with Crippen LogP contribution in [0.25, 0.3) is 11.1 Å². The zero-order chi connectivity index (χ0) is 13.6. The van der Waals surface area contributed by atoms with Crippen LogP contribution in [-0.2, 0) is 5.41 Å². The van der Waals surface area contributed by atoms with E-state index in [1.54, 1.807) is 5.38 Å². The van der Waals surface area contributed by atoms with E-state index in [-0.39, 0.29) is 11.1 Å². The van der Waals surface area contributed by atoms with Gasteiger partial charge in [-0.2, -0.15) is 4.37 Å². The van der Waals surface area contributed by atoms with Gasteiger partial charge in [0.25, 0.3) is 0 Å². The molecular formula is C14H13NO3S. The van der Waals surface area contributed by atoms with Gasteiger partial charge >= 0.3 is 5.97 Å². The van der Waals surface area contributed by atoms with E-state index in [2.05, 4.69) is 18.2 Å². The van der Waals surface area contributed by atoms with Crippen molar-refractivity contribution in [2.45, 2.75) is 19.3 Å². The van der Waals surface area contributed by atoms with Crippen molar-refractivity contribution < 1.29 is 14.6 Å². The number of aromatic carboxylic acids is 1. The number of benzene rings is 1. The van der Waals surface area contributed by atoms with E-state index >= 15 is 0 Å². The lowest BCUT2D eigenvalue weighted by Crippen LogP contribution is -2.18. The number of ether oxygens (including phenoxy) is 1. The predicted octanol–water partition coefficient (Wildman–Crippen LogP) is 3.18. The lowest BCUT2D eigenvalue weighted by atomic mass is 9.85. The molecule has 0 saturated heterocycles. The molecule has 19 heavy (non-hydrogen) atoms. The summed E-state index contributed by atoms with van der Waals surface area (Å²) in [6.45, 7) is 4.89. The molecule has 3 rings (SSSR count). The van der Waals surface area contributed by atoms with Gasteiger partial charge < -0.3 is 9.84 Å². The highest BCUT2D eigenvalue weighted by atomic mass is 32.1. The fraction of sp³-hybridized carbons (Fsp3) is 0.286. The van der Waals surface area contributed by atoms with Crippen LogP contribution < -0.4 is 4.74 Å². The second kappa shape index (κ2) is 4.06. The standard InChI is InChI=1S/C14H13NO3S/c1-14(2)7-18-11-4-3-8(5-10(11)14)9-6-19-15-12(9)13(16)17/h3-6H,7H2,1-2H3,(H,16,17). The SMILES string of the molecule is CC1(C)COc2ccc(-c3csnc3C(=O)O)cc21. The summed E-state index contributed by atoms with van der Waals surface area (Å²) in [7, 11) is 0. The third kappa shape index (κ3) is 1.90. The maximum atomic E-state index is 11.1. The molecule has 1 aromatic heterocycles. The highest BCUT2D eigenvalue weighted by molar-refractivity contribution is 7.04. The fourth-order valence-electron chi connectivity index (χ4n) is 2.28. The van der Waals surface area contributed by atoms with Crippen LogP contribution >= 0.6 is 11.5 Å². The van der Waals surface area contributed by atoms with E-state index in [1.807, 2.05) is 18.2 Å². The summed E-state index contributed by atoms with van der Waals surface area (Å²) in [5.74, 6) is -0.110. The van der Waals surface area contributed by atoms with Crippen molar-refractivity contribution in [2.75, 3.05) is 6.61 Å². The molecule has 1 aliphatic rings. The summed E-state index contributed by atoms with van der Waals surface area (Å²) >= 11 is 1.16. The highest BCUT2D eigenvalue weighted by Gasteiger charge is 2.32. The predicted molar refractivity (Wildman–Crippen MR) is 73.0 cm³/mol. The van der Waals surface area contributed by atoms with E-state index in [4.69, 9.17) is 9.84 Å². The number of carbonyl (C=O) groups is 1. The van der Waals surface area contributed by atoms with E-state index in [0.29, 0.717) is 12.2 Å². The summed E-state index contributed by atoms with van der Waals surface area (Å²) in [5.41, 5.74) is 2.73. The van der Waals surface area contributed by atoms with E-state index < -0.39 is 5.97 Å². The minimum Gasteiger partial charge on any atom is -0.492 e. The van der Waals surface area contributed by atoms with Crippen molar-refractivity contribution in [2.24, 2.45) is 0 Å². The van der Waals surface area contributed by atoms with Gasteiger partial charge in [-0.1, -0.05) is 19.9 Å². The molecule has 98 valence electrons. The van der Waals surface area contributed by atoms with Crippen LogP contribution in [0.3, 0.4) is 0 Å². The van der Waals surface area contributed by atoms with Gasteiger partial charge in [-0.3, -0.25) is 0 Å². The molecule has 0 aliphatic carbocycles. The van der Waals surface area contributed by atoms with Crippen LogP contribution in [0.15, 0.2) is 23.6 Å². The van der Waals surface area contributed by atoms with Gasteiger partial charge in [-0.15, -0.1) is 0 Å². The van der Waals surface area contributed by atoms with Gasteiger partial charge in [0.1, 0.15) is 5.75 Å². The van der Waals surface area contributed by atoms with E-state index in [1.165, 1.54) is 0 Å². The molecule has 4 nitrogen and oxygen atoms in total. The first-order valence-corrected chi connectivity index (χ1v) is 6.78. The third-order valence-corrected chi connectivity index (χ3v) is 4.01. The molecule has 5 heteroatoms. The molecule has 1 N–H and O–H groups in total. The molecule has 0 amide bonds. The fourth-order valence-corrected chi connectivity index (χ4v) is 2.97. The number of nitrogens with zero attached hydrogens (tertiary/aromatic N) is 1. The van der Waals surface area contributed by atoms with Crippen LogP contribution in [0.2, 0.25) is 0 Å². The van der Waals surface area contributed by atoms with Gasteiger partial charge in [-0.25, -0.2) is 4.79 Å². The Hall–Kier alpha value is -1.88. The summed E-state index contributed by atoms with van der Waals surface area (Å²) in [6, 6.07) is 5.80. The number of carboxylic acid groups (broad SMARTS) is 1. The molecule has 0 bridgehead atoms. The van der Waals surface area contributed by atoms with Crippen LogP contribution in [0.5, 0.6) is 5.75 Å². The second-order valence-electron chi connectivity index (χ2n) is 5.27. The summed E-state index contributed by atoms with van der Waals surface area (Å²) in [4.78, 5) is 11.1. The zero-order valence-corrected chi connectivity index (χ0v) is 11.5. The molecule has 0 saturated carbocycles. The lowest BCUT2D eigenvalue weighted by molar-refractivity contribution is 0.0693. The van der Waals surface area contributed by atoms with Gasteiger partial charge in [-0.05, 0) is 29.2 Å². The van der Waals surface area contributed by atoms with Crippen LogP contribution in [0.4, 0.5) is 0 Å². The molecule has 0 fully saturated rings. The molecular weight excluding hydrogens is 262 g/mol. The first-order valence-electron chi connectivity index (χ1n) is 5.94. The molecule has 0 atom stereocenters. The maximum absolute atomic E-state index is 11.1. The Balaban J connectivity index is 2.13. The van der Waals surface area contributed by atoms with E-state index in [9.17, 15) is 4.79 Å². The van der Waals surface area contributed by atoms with Gasteiger partial charge in [0.05, 0.1) is 6.61 Å². The summed E-state index contributed by atoms with van der Waals surface area (Å²) in [6.07, 6.45) is 0. The largest absolute Gasteiger partial charge is 0.492 e. The number of hydrogen-bond acceptors (Lipinski definition) is 4. The first kappa shape index (κ1) is 12.2. The normalized spacial score (nSPS) is 15.9. The van der Waals surface area contributed by atoms with Crippen molar-refractivity contribution in [1.29, 1.82) is 0 Å². The smallest absolute Gasteiger partial charge is 0.356 e. The summed E-state index contributed by atoms with van der Waals surface area (Å²) < 4.78 is 9.57. The summed E-state index contributed by atoms with van der Waals surface area (Å²) in [5, 5.41) is 10.9. The van der Waals surface area contributed by atoms with Crippen molar-refractivity contribution in [3.63, 3.8) is 0 Å². The van der Waals surface area contributed by atoms with Gasteiger partial charge in [0, 0.05) is 21.9 Å². The molecule has 1 aromatic carbocycles.